The van der Waals surface area contributed by atoms with Crippen molar-refractivity contribution in [3.05, 3.63) is 0 Å². The minimum absolute atomic E-state index is 0.549. The molecule has 0 aromatic carbocycles. The molecule has 10 heavy (non-hydrogen) atoms. The van der Waals surface area contributed by atoms with E-state index in [-0.39, 0.29) is 0 Å². The van der Waals surface area contributed by atoms with Crippen molar-refractivity contribution in [1.82, 2.24) is 5.32 Å². The van der Waals surface area contributed by atoms with Crippen LogP contribution in [-0.2, 0) is 4.79 Å². The Morgan fingerprint density at radius 3 is 2.90 bits per heavy atom. The average Bonchev–Trinajstić information content (AvgIpc) is 2.33. The summed E-state index contributed by atoms with van der Waals surface area (Å²) in [7, 11) is 0.874. The zero-order chi connectivity index (χ0) is 7.56. The Bertz CT molecular complexity index is 180. The van der Waals surface area contributed by atoms with Crippen molar-refractivity contribution in [2.75, 3.05) is 6.54 Å². The molecule has 0 unspecified atom stereocenters. The second-order valence-corrected chi connectivity index (χ2v) is 2.18. The molecule has 0 aromatic heterocycles. The van der Waals surface area contributed by atoms with Gasteiger partial charge >= 0.3 is 57.8 Å². The first-order chi connectivity index (χ1) is 4.75. The Kier molecular flexibility index (Phi) is 2.06. The third-order valence-corrected chi connectivity index (χ3v) is 1.55. The van der Waals surface area contributed by atoms with E-state index in [9.17, 15) is 4.79 Å². The number of carboxylic acids is 1. The summed E-state index contributed by atoms with van der Waals surface area (Å²) in [6.07, 6.45) is 0.619. The number of rotatable bonds is 1. The van der Waals surface area contributed by atoms with E-state index in [0.717, 1.165) is 7.12 Å². The van der Waals surface area contributed by atoms with E-state index in [1.165, 1.54) is 0 Å². The maximum atomic E-state index is 10.4. The summed E-state index contributed by atoms with van der Waals surface area (Å²) >= 11 is 0. The molecule has 3 N–H and O–H groups in total. The number of carboxylic acid groups (broad SMARTS) is 1. The summed E-state index contributed by atoms with van der Waals surface area (Å²) in [5.41, 5.74) is 0.549. The molecule has 1 heterocycles. The molecule has 1 aliphatic heterocycles. The van der Waals surface area contributed by atoms with Crippen LogP contribution in [0.25, 0.3) is 0 Å². The van der Waals surface area contributed by atoms with Crippen molar-refractivity contribution in [1.29, 1.82) is 0 Å². The molecule has 1 aliphatic rings. The number of hydrogen-bond donors (Lipinski definition) is 3. The predicted octanol–water partition coefficient (Wildman–Crippen LogP) is -1.78. The topological polar surface area (TPSA) is 69.6 Å². The van der Waals surface area contributed by atoms with Gasteiger partial charge in [0.2, 0.25) is 0 Å². The Labute approximate surface area is 58.8 Å². The van der Waals surface area contributed by atoms with E-state index in [1.807, 2.05) is 0 Å². The van der Waals surface area contributed by atoms with E-state index in [4.69, 9.17) is 10.1 Å². The molecule has 0 saturated carbocycles. The normalized spacial score (nSPS) is 28.4. The molecule has 1 saturated heterocycles. The van der Waals surface area contributed by atoms with Crippen LogP contribution in [-0.4, -0.2) is 41.3 Å². The fourth-order valence-corrected chi connectivity index (χ4v) is 1.02. The maximum absolute atomic E-state index is 10.4. The Morgan fingerprint density at radius 2 is 2.50 bits per heavy atom. The van der Waals surface area contributed by atoms with Gasteiger partial charge in [-0.2, -0.15) is 0 Å². The standard InChI is InChI=1S/C5H8BNO3/c8-5(9)4-3(6-10)1-2-7-4/h4,7,10H,1-2H2,(H,8,9)/t4-/m0/s1. The van der Waals surface area contributed by atoms with Crippen molar-refractivity contribution < 1.29 is 14.9 Å². The van der Waals surface area contributed by atoms with Gasteiger partial charge in [0.1, 0.15) is 0 Å². The molecule has 1 rings (SSSR count). The molecule has 0 bridgehead atoms. The Morgan fingerprint density at radius 1 is 1.80 bits per heavy atom. The van der Waals surface area contributed by atoms with Gasteiger partial charge in [-0.15, -0.1) is 0 Å². The number of nitrogens with one attached hydrogen (secondary N) is 1. The third-order valence-electron chi connectivity index (χ3n) is 1.55. The van der Waals surface area contributed by atoms with Gasteiger partial charge in [-0.05, 0) is 0 Å². The van der Waals surface area contributed by atoms with Gasteiger partial charge in [-0.3, -0.25) is 0 Å². The average molecular weight is 141 g/mol. The SMILES string of the molecule is O=C(O)[C@H]1NCC/C1=B/O. The van der Waals surface area contributed by atoms with E-state index < -0.39 is 12.0 Å². The fourth-order valence-electron chi connectivity index (χ4n) is 1.02. The van der Waals surface area contributed by atoms with Gasteiger partial charge in [-0.25, -0.2) is 0 Å². The fraction of sp³-hybridized carbons (Fsp3) is 0.600. The first kappa shape index (κ1) is 7.27. The Balaban J connectivity index is 2.68. The zero-order valence-corrected chi connectivity index (χ0v) is 5.37. The van der Waals surface area contributed by atoms with Crippen LogP contribution in [0.15, 0.2) is 0 Å². The molecule has 0 aliphatic carbocycles. The van der Waals surface area contributed by atoms with Crippen LogP contribution in [0, 0.1) is 0 Å². The van der Waals surface area contributed by atoms with Crippen LogP contribution >= 0.6 is 0 Å². The summed E-state index contributed by atoms with van der Waals surface area (Å²) in [5.74, 6) is -0.933. The molecule has 54 valence electrons. The van der Waals surface area contributed by atoms with E-state index >= 15 is 0 Å². The van der Waals surface area contributed by atoms with Crippen molar-refractivity contribution in [2.45, 2.75) is 12.5 Å². The number of carbonyl (C=O) groups is 1. The van der Waals surface area contributed by atoms with Gasteiger partial charge in [0.15, 0.2) is 0 Å². The molecular formula is C5H8BNO3. The minimum atomic E-state index is -0.933. The third kappa shape index (κ3) is 1.18. The second kappa shape index (κ2) is 2.83. The molecule has 0 radical (unpaired) electrons. The predicted molar refractivity (Wildman–Crippen MR) is 37.0 cm³/mol. The van der Waals surface area contributed by atoms with Crippen LogP contribution in [0.2, 0.25) is 0 Å². The molecule has 0 amide bonds. The zero-order valence-electron chi connectivity index (χ0n) is 5.37. The van der Waals surface area contributed by atoms with Gasteiger partial charge in [0.25, 0.3) is 0 Å². The van der Waals surface area contributed by atoms with Crippen LogP contribution in [0.3, 0.4) is 0 Å². The van der Waals surface area contributed by atoms with Crippen LogP contribution in [0.4, 0.5) is 0 Å². The van der Waals surface area contributed by atoms with Crippen molar-refractivity contribution in [3.8, 4) is 0 Å². The first-order valence-corrected chi connectivity index (χ1v) is 3.05. The molecule has 0 spiro atoms. The summed E-state index contributed by atoms with van der Waals surface area (Å²) in [4.78, 5) is 10.4. The van der Waals surface area contributed by atoms with Crippen LogP contribution < -0.4 is 5.32 Å². The number of hydrogen-bond acceptors (Lipinski definition) is 3. The van der Waals surface area contributed by atoms with Crippen molar-refractivity contribution in [3.63, 3.8) is 0 Å². The van der Waals surface area contributed by atoms with Crippen LogP contribution in [0.1, 0.15) is 6.42 Å². The summed E-state index contributed by atoms with van der Waals surface area (Å²) in [6.45, 7) is 0.628. The quantitative estimate of drug-likeness (QED) is 0.377. The van der Waals surface area contributed by atoms with E-state index in [2.05, 4.69) is 5.32 Å². The summed E-state index contributed by atoms with van der Waals surface area (Å²) in [6, 6.07) is -0.676. The van der Waals surface area contributed by atoms with Crippen LogP contribution in [0.5, 0.6) is 0 Å². The van der Waals surface area contributed by atoms with Crippen molar-refractivity contribution >= 4 is 18.6 Å². The van der Waals surface area contributed by atoms with Gasteiger partial charge in [-0.1, -0.05) is 0 Å². The molecule has 4 nitrogen and oxygen atoms in total. The summed E-state index contributed by atoms with van der Waals surface area (Å²) < 4.78 is 0. The monoisotopic (exact) mass is 141 g/mol. The molecule has 0 aromatic rings. The van der Waals surface area contributed by atoms with Gasteiger partial charge in [0.05, 0.1) is 0 Å². The summed E-state index contributed by atoms with van der Waals surface area (Å²) in [5, 5.41) is 19.7. The second-order valence-electron chi connectivity index (χ2n) is 2.18. The Hall–Kier alpha value is -0.835. The molecule has 1 atom stereocenters. The van der Waals surface area contributed by atoms with E-state index in [0.29, 0.717) is 18.4 Å². The van der Waals surface area contributed by atoms with Gasteiger partial charge in [0, 0.05) is 0 Å². The molecular weight excluding hydrogens is 133 g/mol. The number of aliphatic carboxylic acids is 1. The first-order valence-electron chi connectivity index (χ1n) is 3.05. The van der Waals surface area contributed by atoms with E-state index in [1.54, 1.807) is 0 Å². The molecule has 5 heteroatoms. The molecule has 1 fully saturated rings. The van der Waals surface area contributed by atoms with Gasteiger partial charge < -0.3 is 0 Å². The van der Waals surface area contributed by atoms with Crippen molar-refractivity contribution in [2.24, 2.45) is 0 Å².